The van der Waals surface area contributed by atoms with Gasteiger partial charge < -0.3 is 4.74 Å². The van der Waals surface area contributed by atoms with Crippen molar-refractivity contribution in [3.63, 3.8) is 0 Å². The van der Waals surface area contributed by atoms with Crippen molar-refractivity contribution in [2.75, 3.05) is 0 Å². The van der Waals surface area contributed by atoms with Crippen molar-refractivity contribution < 1.29 is 4.74 Å². The Kier molecular flexibility index (Phi) is 4.19. The average molecular weight is 238 g/mol. The number of ether oxygens (including phenoxy) is 1. The van der Waals surface area contributed by atoms with E-state index in [1.54, 1.807) is 0 Å². The highest BCUT2D eigenvalue weighted by molar-refractivity contribution is 5.33. The highest BCUT2D eigenvalue weighted by atomic mass is 16.5. The van der Waals surface area contributed by atoms with Crippen LogP contribution in [0.3, 0.4) is 0 Å². The highest BCUT2D eigenvalue weighted by Crippen LogP contribution is 2.27. The van der Waals surface area contributed by atoms with Crippen LogP contribution in [0.1, 0.15) is 23.7 Å². The third-order valence-electron chi connectivity index (χ3n) is 2.91. The molecule has 1 unspecified atom stereocenters. The third-order valence-corrected chi connectivity index (χ3v) is 2.91. The van der Waals surface area contributed by atoms with E-state index in [4.69, 9.17) is 4.74 Å². The maximum Gasteiger partial charge on any atom is 0.127 e. The Labute approximate surface area is 109 Å². The smallest absolute Gasteiger partial charge is 0.127 e. The molecule has 92 valence electrons. The molecule has 2 aromatic carbocycles. The lowest BCUT2D eigenvalue weighted by molar-refractivity contribution is 0.208. The molecule has 2 rings (SSSR count). The molecule has 1 atom stereocenters. The first kappa shape index (κ1) is 12.4. The van der Waals surface area contributed by atoms with Crippen LogP contribution in [0.2, 0.25) is 0 Å². The summed E-state index contributed by atoms with van der Waals surface area (Å²) in [6, 6.07) is 18.4. The van der Waals surface area contributed by atoms with Gasteiger partial charge in [-0.1, -0.05) is 54.6 Å². The molecule has 2 aromatic rings. The van der Waals surface area contributed by atoms with Gasteiger partial charge in [0.05, 0.1) is 0 Å². The Morgan fingerprint density at radius 3 is 2.39 bits per heavy atom. The van der Waals surface area contributed by atoms with Gasteiger partial charge >= 0.3 is 0 Å². The topological polar surface area (TPSA) is 9.23 Å². The lowest BCUT2D eigenvalue weighted by Crippen LogP contribution is -2.07. The number of aryl methyl sites for hydroxylation is 1. The second kappa shape index (κ2) is 6.06. The summed E-state index contributed by atoms with van der Waals surface area (Å²) in [7, 11) is 0. The number of hydrogen-bond donors (Lipinski definition) is 0. The lowest BCUT2D eigenvalue weighted by Gasteiger charge is -2.19. The molecule has 0 aliphatic heterocycles. The van der Waals surface area contributed by atoms with E-state index in [-0.39, 0.29) is 6.10 Å². The molecule has 0 radical (unpaired) electrons. The van der Waals surface area contributed by atoms with Crippen LogP contribution in [-0.4, -0.2) is 0 Å². The SMILES string of the molecule is C=CCC(Oc1ccccc1C)c1ccccc1. The largest absolute Gasteiger partial charge is 0.485 e. The molecule has 0 heterocycles. The van der Waals surface area contributed by atoms with E-state index < -0.39 is 0 Å². The van der Waals surface area contributed by atoms with Crippen LogP contribution in [0.25, 0.3) is 0 Å². The summed E-state index contributed by atoms with van der Waals surface area (Å²) < 4.78 is 6.10. The van der Waals surface area contributed by atoms with Crippen LogP contribution >= 0.6 is 0 Å². The standard InChI is InChI=1S/C17H18O/c1-3-9-17(15-11-5-4-6-12-15)18-16-13-8-7-10-14(16)2/h3-8,10-13,17H,1,9H2,2H3. The molecule has 0 saturated heterocycles. The number of para-hydroxylation sites is 1. The van der Waals surface area contributed by atoms with Crippen LogP contribution in [0.4, 0.5) is 0 Å². The monoisotopic (exact) mass is 238 g/mol. The molecule has 1 heteroatoms. The fourth-order valence-corrected chi connectivity index (χ4v) is 1.91. The van der Waals surface area contributed by atoms with Crippen molar-refractivity contribution in [2.24, 2.45) is 0 Å². The zero-order chi connectivity index (χ0) is 12.8. The predicted molar refractivity (Wildman–Crippen MR) is 75.8 cm³/mol. The quantitative estimate of drug-likeness (QED) is 0.686. The zero-order valence-corrected chi connectivity index (χ0v) is 10.7. The molecule has 0 aromatic heterocycles. The van der Waals surface area contributed by atoms with Gasteiger partial charge in [0.1, 0.15) is 11.9 Å². The average Bonchev–Trinajstić information content (AvgIpc) is 2.42. The Hall–Kier alpha value is -2.02. The predicted octanol–water partition coefficient (Wildman–Crippen LogP) is 4.69. The maximum absolute atomic E-state index is 6.10. The third kappa shape index (κ3) is 3.01. The van der Waals surface area contributed by atoms with Crippen LogP contribution < -0.4 is 4.74 Å². The van der Waals surface area contributed by atoms with Crippen molar-refractivity contribution in [2.45, 2.75) is 19.4 Å². The molecular formula is C17H18O. The first-order valence-electron chi connectivity index (χ1n) is 6.19. The number of hydrogen-bond acceptors (Lipinski definition) is 1. The minimum Gasteiger partial charge on any atom is -0.485 e. The Bertz CT molecular complexity index is 502. The van der Waals surface area contributed by atoms with Crippen LogP contribution in [0, 0.1) is 6.92 Å². The Morgan fingerprint density at radius 1 is 1.06 bits per heavy atom. The van der Waals surface area contributed by atoms with Crippen LogP contribution in [0.5, 0.6) is 5.75 Å². The van der Waals surface area contributed by atoms with Crippen molar-refractivity contribution in [1.82, 2.24) is 0 Å². The van der Waals surface area contributed by atoms with Gasteiger partial charge in [-0.3, -0.25) is 0 Å². The molecule has 0 amide bonds. The first-order chi connectivity index (χ1) is 8.81. The van der Waals surface area contributed by atoms with E-state index >= 15 is 0 Å². The highest BCUT2D eigenvalue weighted by Gasteiger charge is 2.12. The van der Waals surface area contributed by atoms with E-state index in [1.807, 2.05) is 42.5 Å². The summed E-state index contributed by atoms with van der Waals surface area (Å²) in [6.07, 6.45) is 2.73. The summed E-state index contributed by atoms with van der Waals surface area (Å²) in [4.78, 5) is 0. The fourth-order valence-electron chi connectivity index (χ4n) is 1.91. The van der Waals surface area contributed by atoms with Gasteiger partial charge in [-0.15, -0.1) is 6.58 Å². The number of rotatable bonds is 5. The minimum atomic E-state index is 0.0322. The zero-order valence-electron chi connectivity index (χ0n) is 10.7. The molecular weight excluding hydrogens is 220 g/mol. The summed E-state index contributed by atoms with van der Waals surface area (Å²) in [5.74, 6) is 0.938. The Balaban J connectivity index is 2.22. The number of benzene rings is 2. The van der Waals surface area contributed by atoms with Crippen LogP contribution in [-0.2, 0) is 0 Å². The molecule has 0 spiro atoms. The normalized spacial score (nSPS) is 11.8. The van der Waals surface area contributed by atoms with Crippen molar-refractivity contribution >= 4 is 0 Å². The first-order valence-corrected chi connectivity index (χ1v) is 6.19. The minimum absolute atomic E-state index is 0.0322. The molecule has 0 N–H and O–H groups in total. The van der Waals surface area contributed by atoms with E-state index in [2.05, 4.69) is 31.7 Å². The summed E-state index contributed by atoms with van der Waals surface area (Å²) in [6.45, 7) is 5.87. The van der Waals surface area contributed by atoms with E-state index in [0.717, 1.165) is 17.7 Å². The van der Waals surface area contributed by atoms with E-state index in [0.29, 0.717) is 0 Å². The van der Waals surface area contributed by atoms with Crippen molar-refractivity contribution in [3.05, 3.63) is 78.4 Å². The Morgan fingerprint density at radius 2 is 1.72 bits per heavy atom. The molecule has 0 saturated carbocycles. The molecule has 0 aliphatic carbocycles. The summed E-state index contributed by atoms with van der Waals surface area (Å²) in [5.41, 5.74) is 2.34. The maximum atomic E-state index is 6.10. The van der Waals surface area contributed by atoms with Gasteiger partial charge in [0.2, 0.25) is 0 Å². The second-order valence-corrected chi connectivity index (χ2v) is 4.31. The molecule has 0 aliphatic rings. The van der Waals surface area contributed by atoms with Gasteiger partial charge in [-0.25, -0.2) is 0 Å². The summed E-state index contributed by atoms with van der Waals surface area (Å²) >= 11 is 0. The molecule has 0 bridgehead atoms. The van der Waals surface area contributed by atoms with E-state index in [9.17, 15) is 0 Å². The van der Waals surface area contributed by atoms with Gasteiger partial charge in [-0.05, 0) is 24.1 Å². The fraction of sp³-hybridized carbons (Fsp3) is 0.176. The van der Waals surface area contributed by atoms with Gasteiger partial charge in [0, 0.05) is 6.42 Å². The van der Waals surface area contributed by atoms with Crippen LogP contribution in [0.15, 0.2) is 67.3 Å². The lowest BCUT2D eigenvalue weighted by atomic mass is 10.1. The molecule has 1 nitrogen and oxygen atoms in total. The van der Waals surface area contributed by atoms with Gasteiger partial charge in [0.25, 0.3) is 0 Å². The molecule has 18 heavy (non-hydrogen) atoms. The molecule has 0 fully saturated rings. The van der Waals surface area contributed by atoms with Crippen molar-refractivity contribution in [1.29, 1.82) is 0 Å². The summed E-state index contributed by atoms with van der Waals surface area (Å²) in [5, 5.41) is 0. The van der Waals surface area contributed by atoms with Gasteiger partial charge in [-0.2, -0.15) is 0 Å². The second-order valence-electron chi connectivity index (χ2n) is 4.31. The van der Waals surface area contributed by atoms with Gasteiger partial charge in [0.15, 0.2) is 0 Å². The van der Waals surface area contributed by atoms with E-state index in [1.165, 1.54) is 5.56 Å². The van der Waals surface area contributed by atoms with Crippen molar-refractivity contribution in [3.8, 4) is 5.75 Å².